The third-order valence-electron chi connectivity index (χ3n) is 5.95. The molecule has 2 aromatic carbocycles. The monoisotopic (exact) mass is 487 g/mol. The van der Waals surface area contributed by atoms with Crippen molar-refractivity contribution in [2.24, 2.45) is 0 Å². The smallest absolute Gasteiger partial charge is 0.244 e. The van der Waals surface area contributed by atoms with E-state index in [9.17, 15) is 18.0 Å². The van der Waals surface area contributed by atoms with Crippen LogP contribution >= 0.6 is 0 Å². The van der Waals surface area contributed by atoms with E-state index < -0.39 is 28.5 Å². The van der Waals surface area contributed by atoms with E-state index in [1.165, 1.54) is 4.90 Å². The van der Waals surface area contributed by atoms with Crippen molar-refractivity contribution < 1.29 is 18.0 Å². The van der Waals surface area contributed by atoms with Gasteiger partial charge in [-0.2, -0.15) is 0 Å². The number of hydrogen-bond acceptors (Lipinski definition) is 4. The van der Waals surface area contributed by atoms with Crippen molar-refractivity contribution in [3.63, 3.8) is 0 Å². The van der Waals surface area contributed by atoms with Gasteiger partial charge in [0.25, 0.3) is 0 Å². The number of benzene rings is 2. The van der Waals surface area contributed by atoms with E-state index >= 15 is 0 Å². The van der Waals surface area contributed by atoms with E-state index in [0.29, 0.717) is 5.69 Å². The van der Waals surface area contributed by atoms with Crippen molar-refractivity contribution in [1.29, 1.82) is 0 Å². The summed E-state index contributed by atoms with van der Waals surface area (Å²) in [4.78, 5) is 27.8. The zero-order chi connectivity index (χ0) is 25.5. The molecule has 0 radical (unpaired) electrons. The number of carbonyl (C=O) groups excluding carboxylic acids is 2. The van der Waals surface area contributed by atoms with Crippen LogP contribution in [0, 0.1) is 6.92 Å². The molecule has 2 rings (SSSR count). The summed E-state index contributed by atoms with van der Waals surface area (Å²) in [5.74, 6) is -0.717. The molecule has 2 aromatic rings. The van der Waals surface area contributed by atoms with Gasteiger partial charge in [-0.25, -0.2) is 8.42 Å². The highest BCUT2D eigenvalue weighted by atomic mass is 32.2. The highest BCUT2D eigenvalue weighted by Gasteiger charge is 2.30. The van der Waals surface area contributed by atoms with E-state index in [1.807, 2.05) is 64.1 Å². The molecule has 2 atom stereocenters. The molecule has 1 N–H and O–H groups in total. The SMILES string of the molecule is CCc1ccc(N(CC(=O)N(Cc2ccc(C)cc2)[C@@H](C)C(=O)N[C@@H](C)CC)S(C)(=O)=O)cc1. The molecule has 0 heterocycles. The number of sulfonamides is 1. The van der Waals surface area contributed by atoms with Crippen molar-refractivity contribution in [1.82, 2.24) is 10.2 Å². The van der Waals surface area contributed by atoms with Gasteiger partial charge in [0.15, 0.2) is 0 Å². The summed E-state index contributed by atoms with van der Waals surface area (Å²) in [6, 6.07) is 14.0. The topological polar surface area (TPSA) is 86.8 Å². The van der Waals surface area contributed by atoms with Crippen LogP contribution in [-0.2, 0) is 32.6 Å². The third kappa shape index (κ3) is 7.58. The average molecular weight is 488 g/mol. The maximum atomic E-state index is 13.5. The molecule has 0 saturated carbocycles. The summed E-state index contributed by atoms with van der Waals surface area (Å²) in [5.41, 5.74) is 3.43. The second-order valence-electron chi connectivity index (χ2n) is 8.79. The maximum Gasteiger partial charge on any atom is 0.244 e. The summed E-state index contributed by atoms with van der Waals surface area (Å²) in [7, 11) is -3.73. The first-order valence-corrected chi connectivity index (χ1v) is 13.5. The first kappa shape index (κ1) is 27.4. The lowest BCUT2D eigenvalue weighted by molar-refractivity contribution is -0.139. The Hall–Kier alpha value is -2.87. The molecule has 186 valence electrons. The molecule has 0 aliphatic rings. The summed E-state index contributed by atoms with van der Waals surface area (Å²) in [6.07, 6.45) is 2.67. The number of hydrogen-bond donors (Lipinski definition) is 1. The molecular weight excluding hydrogens is 450 g/mol. The molecule has 0 fully saturated rings. The fourth-order valence-corrected chi connectivity index (χ4v) is 4.30. The number of nitrogens with one attached hydrogen (secondary N) is 1. The van der Waals surface area contributed by atoms with Crippen molar-refractivity contribution in [2.75, 3.05) is 17.1 Å². The Morgan fingerprint density at radius 2 is 1.50 bits per heavy atom. The lowest BCUT2D eigenvalue weighted by Gasteiger charge is -2.32. The first-order valence-electron chi connectivity index (χ1n) is 11.7. The molecule has 0 aliphatic carbocycles. The lowest BCUT2D eigenvalue weighted by atomic mass is 10.1. The zero-order valence-corrected chi connectivity index (χ0v) is 21.9. The second-order valence-corrected chi connectivity index (χ2v) is 10.7. The fourth-order valence-electron chi connectivity index (χ4n) is 3.45. The highest BCUT2D eigenvalue weighted by molar-refractivity contribution is 7.92. The molecule has 0 bridgehead atoms. The van der Waals surface area contributed by atoms with E-state index in [-0.39, 0.29) is 18.5 Å². The molecule has 0 unspecified atom stereocenters. The van der Waals surface area contributed by atoms with Gasteiger partial charge in [0, 0.05) is 12.6 Å². The van der Waals surface area contributed by atoms with Crippen LogP contribution in [0.2, 0.25) is 0 Å². The summed E-state index contributed by atoms with van der Waals surface area (Å²) in [5, 5.41) is 2.92. The maximum absolute atomic E-state index is 13.5. The van der Waals surface area contributed by atoms with Gasteiger partial charge in [-0.3, -0.25) is 13.9 Å². The molecule has 0 aliphatic heterocycles. The molecule has 2 amide bonds. The van der Waals surface area contributed by atoms with Gasteiger partial charge >= 0.3 is 0 Å². The molecule has 0 saturated heterocycles. The molecule has 34 heavy (non-hydrogen) atoms. The van der Waals surface area contributed by atoms with Crippen LogP contribution in [-0.4, -0.2) is 50.0 Å². The van der Waals surface area contributed by atoms with Crippen LogP contribution in [0.1, 0.15) is 50.8 Å². The lowest BCUT2D eigenvalue weighted by Crippen LogP contribution is -2.52. The largest absolute Gasteiger partial charge is 0.352 e. The van der Waals surface area contributed by atoms with Crippen LogP contribution in [0.15, 0.2) is 48.5 Å². The van der Waals surface area contributed by atoms with E-state index in [4.69, 9.17) is 0 Å². The third-order valence-corrected chi connectivity index (χ3v) is 7.09. The van der Waals surface area contributed by atoms with Crippen molar-refractivity contribution >= 4 is 27.5 Å². The van der Waals surface area contributed by atoms with Gasteiger partial charge in [0.1, 0.15) is 12.6 Å². The molecule has 0 spiro atoms. The predicted octanol–water partition coefficient (Wildman–Crippen LogP) is 3.66. The first-order chi connectivity index (χ1) is 16.0. The van der Waals surface area contributed by atoms with Crippen LogP contribution in [0.3, 0.4) is 0 Å². The molecule has 8 heteroatoms. The van der Waals surface area contributed by atoms with Crippen LogP contribution in [0.5, 0.6) is 0 Å². The van der Waals surface area contributed by atoms with E-state index in [1.54, 1.807) is 19.1 Å². The minimum atomic E-state index is -3.73. The Morgan fingerprint density at radius 3 is 2.00 bits per heavy atom. The zero-order valence-electron chi connectivity index (χ0n) is 21.0. The molecule has 7 nitrogen and oxygen atoms in total. The van der Waals surface area contributed by atoms with Gasteiger partial charge in [-0.15, -0.1) is 0 Å². The Morgan fingerprint density at radius 1 is 0.941 bits per heavy atom. The standard InChI is InChI=1S/C26H37N3O4S/c1-7-20(4)27-26(31)21(5)28(17-23-11-9-19(3)10-12-23)25(30)18-29(34(6,32)33)24-15-13-22(8-2)14-16-24/h9-16,20-21H,7-8,17-18H2,1-6H3,(H,27,31)/t20-,21-/m0/s1. The predicted molar refractivity (Wildman–Crippen MR) is 137 cm³/mol. The number of anilines is 1. The van der Waals surface area contributed by atoms with Crippen molar-refractivity contribution in [3.8, 4) is 0 Å². The highest BCUT2D eigenvalue weighted by Crippen LogP contribution is 2.20. The number of nitrogens with zero attached hydrogens (tertiary/aromatic N) is 2. The van der Waals surface area contributed by atoms with Gasteiger partial charge in [-0.1, -0.05) is 55.8 Å². The van der Waals surface area contributed by atoms with Crippen LogP contribution < -0.4 is 9.62 Å². The number of rotatable bonds is 11. The fraction of sp³-hybridized carbons (Fsp3) is 0.462. The Labute approximate surface area is 204 Å². The Balaban J connectivity index is 2.36. The van der Waals surface area contributed by atoms with Crippen LogP contribution in [0.4, 0.5) is 5.69 Å². The van der Waals surface area contributed by atoms with Gasteiger partial charge < -0.3 is 10.2 Å². The van der Waals surface area contributed by atoms with Gasteiger partial charge in [0.05, 0.1) is 11.9 Å². The Bertz CT molecular complexity index is 1070. The van der Waals surface area contributed by atoms with Gasteiger partial charge in [0.2, 0.25) is 21.8 Å². The second kappa shape index (κ2) is 12.0. The minimum Gasteiger partial charge on any atom is -0.352 e. The summed E-state index contributed by atoms with van der Waals surface area (Å²) >= 11 is 0. The van der Waals surface area contributed by atoms with Gasteiger partial charge in [-0.05, 0) is 56.9 Å². The van der Waals surface area contributed by atoms with Crippen LogP contribution in [0.25, 0.3) is 0 Å². The van der Waals surface area contributed by atoms with Crippen molar-refractivity contribution in [3.05, 3.63) is 65.2 Å². The summed E-state index contributed by atoms with van der Waals surface area (Å²) < 4.78 is 26.3. The molecular formula is C26H37N3O4S. The molecule has 0 aromatic heterocycles. The average Bonchev–Trinajstić information content (AvgIpc) is 2.80. The normalized spacial score (nSPS) is 13.1. The summed E-state index contributed by atoms with van der Waals surface area (Å²) in [6.45, 7) is 9.34. The number of amides is 2. The number of carbonyl (C=O) groups is 2. The Kier molecular flexibility index (Phi) is 9.67. The number of aryl methyl sites for hydroxylation is 2. The van der Waals surface area contributed by atoms with E-state index in [2.05, 4.69) is 5.32 Å². The quantitative estimate of drug-likeness (QED) is 0.524. The minimum absolute atomic E-state index is 0.0316. The van der Waals surface area contributed by atoms with E-state index in [0.717, 1.165) is 40.1 Å². The van der Waals surface area contributed by atoms with Crippen molar-refractivity contribution in [2.45, 2.75) is 66.1 Å².